The van der Waals surface area contributed by atoms with Crippen molar-refractivity contribution in [2.24, 2.45) is 0 Å². The van der Waals surface area contributed by atoms with Crippen LogP contribution in [0.1, 0.15) is 23.2 Å². The molecule has 0 amide bonds. The monoisotopic (exact) mass is 220 g/mol. The molecule has 0 bridgehead atoms. The summed E-state index contributed by atoms with van der Waals surface area (Å²) in [5.41, 5.74) is 1.40. The molecule has 0 aliphatic carbocycles. The third-order valence-corrected chi connectivity index (χ3v) is 2.21. The van der Waals surface area contributed by atoms with Crippen molar-refractivity contribution < 1.29 is 14.3 Å². The molecule has 0 saturated carbocycles. The first-order chi connectivity index (χ1) is 7.70. The Bertz CT molecular complexity index is 519. The normalized spacial score (nSPS) is 10.8. The minimum atomic E-state index is -0.960. The van der Waals surface area contributed by atoms with E-state index in [0.717, 1.165) is 6.54 Å². The van der Waals surface area contributed by atoms with E-state index in [1.54, 1.807) is 6.07 Å². The summed E-state index contributed by atoms with van der Waals surface area (Å²) in [6.07, 6.45) is 0. The number of nitrogens with zero attached hydrogens (tertiary/aromatic N) is 1. The Morgan fingerprint density at radius 2 is 2.38 bits per heavy atom. The molecule has 1 aromatic heterocycles. The molecule has 5 heteroatoms. The molecular formula is C11H12N2O3. The molecule has 0 unspecified atom stereocenters. The van der Waals surface area contributed by atoms with Gasteiger partial charge in [0.25, 0.3) is 0 Å². The zero-order valence-corrected chi connectivity index (χ0v) is 8.86. The lowest BCUT2D eigenvalue weighted by molar-refractivity contribution is 0.0697. The van der Waals surface area contributed by atoms with Crippen LogP contribution < -0.4 is 5.32 Å². The average molecular weight is 220 g/mol. The molecule has 2 N–H and O–H groups in total. The second-order valence-corrected chi connectivity index (χ2v) is 3.38. The van der Waals surface area contributed by atoms with Crippen LogP contribution in [0, 0.1) is 0 Å². The van der Waals surface area contributed by atoms with Crippen molar-refractivity contribution in [1.82, 2.24) is 10.3 Å². The highest BCUT2D eigenvalue weighted by molar-refractivity contribution is 5.91. The molecule has 1 heterocycles. The third kappa shape index (κ3) is 2.04. The molecule has 0 aliphatic heterocycles. The molecular weight excluding hydrogens is 208 g/mol. The van der Waals surface area contributed by atoms with E-state index in [9.17, 15) is 4.79 Å². The van der Waals surface area contributed by atoms with Gasteiger partial charge in [0.05, 0.1) is 12.1 Å². The lowest BCUT2D eigenvalue weighted by atomic mass is 10.2. The molecule has 0 fully saturated rings. The standard InChI is InChI=1S/C11H12N2O3/c1-2-12-6-10-13-8-5-7(11(14)15)3-4-9(8)16-10/h3-5,12H,2,6H2,1H3,(H,14,15). The zero-order chi connectivity index (χ0) is 11.5. The molecule has 2 rings (SSSR count). The first-order valence-corrected chi connectivity index (χ1v) is 5.04. The lowest BCUT2D eigenvalue weighted by Gasteiger charge is -1.93. The van der Waals surface area contributed by atoms with E-state index in [4.69, 9.17) is 9.52 Å². The number of carboxylic acids is 1. The maximum absolute atomic E-state index is 10.8. The van der Waals surface area contributed by atoms with Crippen LogP contribution in [-0.4, -0.2) is 22.6 Å². The molecule has 0 spiro atoms. The number of benzene rings is 1. The first kappa shape index (κ1) is 10.6. The van der Waals surface area contributed by atoms with Crippen LogP contribution in [0.4, 0.5) is 0 Å². The number of oxazole rings is 1. The van der Waals surface area contributed by atoms with E-state index in [0.29, 0.717) is 23.5 Å². The molecule has 1 aromatic carbocycles. The highest BCUT2D eigenvalue weighted by Crippen LogP contribution is 2.17. The van der Waals surface area contributed by atoms with Crippen LogP contribution in [0.25, 0.3) is 11.1 Å². The van der Waals surface area contributed by atoms with Crippen LogP contribution in [0.2, 0.25) is 0 Å². The lowest BCUT2D eigenvalue weighted by Crippen LogP contribution is -2.11. The summed E-state index contributed by atoms with van der Waals surface area (Å²) in [5, 5.41) is 11.9. The number of hydrogen-bond donors (Lipinski definition) is 2. The Kier molecular flexibility index (Phi) is 2.87. The number of hydrogen-bond acceptors (Lipinski definition) is 4. The minimum Gasteiger partial charge on any atom is -0.478 e. The Balaban J connectivity index is 2.34. The number of aromatic carboxylic acids is 1. The molecule has 0 saturated heterocycles. The Labute approximate surface area is 92.1 Å². The van der Waals surface area contributed by atoms with E-state index < -0.39 is 5.97 Å². The van der Waals surface area contributed by atoms with Gasteiger partial charge < -0.3 is 14.8 Å². The number of fused-ring (bicyclic) bond motifs is 1. The van der Waals surface area contributed by atoms with Gasteiger partial charge in [-0.3, -0.25) is 0 Å². The summed E-state index contributed by atoms with van der Waals surface area (Å²) in [7, 11) is 0. The molecule has 16 heavy (non-hydrogen) atoms. The van der Waals surface area contributed by atoms with E-state index in [1.807, 2.05) is 6.92 Å². The molecule has 0 radical (unpaired) electrons. The number of carbonyl (C=O) groups is 1. The van der Waals surface area contributed by atoms with Crippen molar-refractivity contribution in [3.05, 3.63) is 29.7 Å². The zero-order valence-electron chi connectivity index (χ0n) is 8.86. The van der Waals surface area contributed by atoms with Crippen LogP contribution >= 0.6 is 0 Å². The first-order valence-electron chi connectivity index (χ1n) is 5.04. The Hall–Kier alpha value is -1.88. The van der Waals surface area contributed by atoms with Crippen molar-refractivity contribution >= 4 is 17.1 Å². The summed E-state index contributed by atoms with van der Waals surface area (Å²) in [6.45, 7) is 3.37. The summed E-state index contributed by atoms with van der Waals surface area (Å²) < 4.78 is 5.44. The number of carboxylic acid groups (broad SMARTS) is 1. The van der Waals surface area contributed by atoms with Crippen LogP contribution in [0.5, 0.6) is 0 Å². The minimum absolute atomic E-state index is 0.218. The smallest absolute Gasteiger partial charge is 0.335 e. The highest BCUT2D eigenvalue weighted by atomic mass is 16.4. The quantitative estimate of drug-likeness (QED) is 0.819. The Morgan fingerprint density at radius 1 is 1.56 bits per heavy atom. The third-order valence-electron chi connectivity index (χ3n) is 2.21. The second kappa shape index (κ2) is 4.32. The Morgan fingerprint density at radius 3 is 3.06 bits per heavy atom. The van der Waals surface area contributed by atoms with Gasteiger partial charge in [-0.1, -0.05) is 6.92 Å². The van der Waals surface area contributed by atoms with E-state index in [1.165, 1.54) is 12.1 Å². The van der Waals surface area contributed by atoms with Crippen molar-refractivity contribution in [2.75, 3.05) is 6.54 Å². The van der Waals surface area contributed by atoms with Crippen molar-refractivity contribution in [3.8, 4) is 0 Å². The fraction of sp³-hybridized carbons (Fsp3) is 0.273. The van der Waals surface area contributed by atoms with Gasteiger partial charge in [-0.05, 0) is 24.7 Å². The van der Waals surface area contributed by atoms with Crippen LogP contribution in [-0.2, 0) is 6.54 Å². The maximum atomic E-state index is 10.8. The fourth-order valence-corrected chi connectivity index (χ4v) is 1.42. The average Bonchev–Trinajstić information content (AvgIpc) is 2.67. The summed E-state index contributed by atoms with van der Waals surface area (Å²) in [4.78, 5) is 15.0. The van der Waals surface area contributed by atoms with Crippen molar-refractivity contribution in [2.45, 2.75) is 13.5 Å². The van der Waals surface area contributed by atoms with Crippen LogP contribution in [0.3, 0.4) is 0 Å². The van der Waals surface area contributed by atoms with Gasteiger partial charge in [0.15, 0.2) is 5.58 Å². The predicted octanol–water partition coefficient (Wildman–Crippen LogP) is 1.64. The summed E-state index contributed by atoms with van der Waals surface area (Å²) in [6, 6.07) is 4.64. The topological polar surface area (TPSA) is 75.4 Å². The van der Waals surface area contributed by atoms with Gasteiger partial charge in [0.2, 0.25) is 5.89 Å². The van der Waals surface area contributed by atoms with Crippen LogP contribution in [0.15, 0.2) is 22.6 Å². The summed E-state index contributed by atoms with van der Waals surface area (Å²) in [5.74, 6) is -0.391. The molecule has 2 aromatic rings. The molecule has 0 aliphatic rings. The van der Waals surface area contributed by atoms with Gasteiger partial charge in [-0.2, -0.15) is 0 Å². The van der Waals surface area contributed by atoms with Gasteiger partial charge >= 0.3 is 5.97 Å². The van der Waals surface area contributed by atoms with Gasteiger partial charge in [0.1, 0.15) is 5.52 Å². The van der Waals surface area contributed by atoms with Crippen molar-refractivity contribution in [3.63, 3.8) is 0 Å². The maximum Gasteiger partial charge on any atom is 0.335 e. The molecule has 0 atom stereocenters. The number of rotatable bonds is 4. The molecule has 84 valence electrons. The number of aromatic nitrogens is 1. The SMILES string of the molecule is CCNCc1nc2cc(C(=O)O)ccc2o1. The van der Waals surface area contributed by atoms with Gasteiger partial charge in [-0.25, -0.2) is 9.78 Å². The number of nitrogens with one attached hydrogen (secondary N) is 1. The van der Waals surface area contributed by atoms with E-state index in [-0.39, 0.29) is 5.56 Å². The highest BCUT2D eigenvalue weighted by Gasteiger charge is 2.08. The fourth-order valence-electron chi connectivity index (χ4n) is 1.42. The largest absolute Gasteiger partial charge is 0.478 e. The van der Waals surface area contributed by atoms with Gasteiger partial charge in [-0.15, -0.1) is 0 Å². The van der Waals surface area contributed by atoms with E-state index >= 15 is 0 Å². The van der Waals surface area contributed by atoms with Gasteiger partial charge in [0, 0.05) is 0 Å². The summed E-state index contributed by atoms with van der Waals surface area (Å²) >= 11 is 0. The molecule has 5 nitrogen and oxygen atoms in total. The van der Waals surface area contributed by atoms with E-state index in [2.05, 4.69) is 10.3 Å². The van der Waals surface area contributed by atoms with Crippen molar-refractivity contribution in [1.29, 1.82) is 0 Å². The second-order valence-electron chi connectivity index (χ2n) is 3.38. The predicted molar refractivity (Wildman–Crippen MR) is 58.3 cm³/mol.